The molecule has 0 aliphatic heterocycles. The number of hydrogen-bond donors (Lipinski definition) is 1. The number of nitrogens with one attached hydrogen (secondary N) is 1. The Kier molecular flexibility index (Phi) is 4.77. The van der Waals surface area contributed by atoms with E-state index < -0.39 is 0 Å². The van der Waals surface area contributed by atoms with Crippen LogP contribution in [0.3, 0.4) is 0 Å². The molecule has 2 rings (SSSR count). The Morgan fingerprint density at radius 3 is 2.68 bits per heavy atom. The monoisotopic (exact) mass is 276 g/mol. The van der Waals surface area contributed by atoms with Crippen molar-refractivity contribution in [2.24, 2.45) is 0 Å². The van der Waals surface area contributed by atoms with Crippen LogP contribution in [-0.4, -0.2) is 12.1 Å². The van der Waals surface area contributed by atoms with E-state index in [-0.39, 0.29) is 6.04 Å². The molecule has 2 aromatic rings. The summed E-state index contributed by atoms with van der Waals surface area (Å²) in [5.41, 5.74) is 2.17. The van der Waals surface area contributed by atoms with Gasteiger partial charge in [0.15, 0.2) is 0 Å². The molecule has 1 unspecified atom stereocenters. The summed E-state index contributed by atoms with van der Waals surface area (Å²) in [6.45, 7) is 2.77. The average Bonchev–Trinajstić information content (AvgIpc) is 2.46. The number of halogens is 1. The molecule has 0 aliphatic rings. The molecule has 1 N–H and O–H groups in total. The second kappa shape index (κ2) is 6.55. The highest BCUT2D eigenvalue weighted by Gasteiger charge is 2.10. The van der Waals surface area contributed by atoms with E-state index in [0.29, 0.717) is 11.6 Å². The number of methoxy groups -OCH3 is 1. The maximum atomic E-state index is 6.21. The molecule has 1 atom stereocenters. The number of hydrogen-bond acceptors (Lipinski definition) is 3. The van der Waals surface area contributed by atoms with E-state index in [2.05, 4.69) is 17.2 Å². The van der Waals surface area contributed by atoms with Gasteiger partial charge in [0.1, 0.15) is 5.75 Å². The van der Waals surface area contributed by atoms with Crippen molar-refractivity contribution in [1.82, 2.24) is 10.3 Å². The number of nitrogens with zero attached hydrogens (tertiary/aromatic N) is 1. The Labute approximate surface area is 118 Å². The van der Waals surface area contributed by atoms with Crippen molar-refractivity contribution >= 4 is 11.6 Å². The van der Waals surface area contributed by atoms with Gasteiger partial charge in [-0.15, -0.1) is 0 Å². The van der Waals surface area contributed by atoms with Gasteiger partial charge in [0.05, 0.1) is 7.11 Å². The first-order chi connectivity index (χ1) is 9.22. The summed E-state index contributed by atoms with van der Waals surface area (Å²) in [5, 5.41) is 4.15. The fraction of sp³-hybridized carbons (Fsp3) is 0.267. The fourth-order valence-corrected chi connectivity index (χ4v) is 2.16. The normalized spacial score (nSPS) is 12.2. The number of ether oxygens (including phenoxy) is 1. The molecule has 1 aromatic carbocycles. The van der Waals surface area contributed by atoms with Crippen molar-refractivity contribution in [2.75, 3.05) is 7.11 Å². The number of rotatable bonds is 5. The lowest BCUT2D eigenvalue weighted by Crippen LogP contribution is -2.18. The molecule has 4 heteroatoms. The van der Waals surface area contributed by atoms with Gasteiger partial charge in [0.2, 0.25) is 0 Å². The zero-order valence-corrected chi connectivity index (χ0v) is 11.8. The highest BCUT2D eigenvalue weighted by molar-refractivity contribution is 6.31. The van der Waals surface area contributed by atoms with Gasteiger partial charge in [-0.05, 0) is 36.8 Å². The van der Waals surface area contributed by atoms with Gasteiger partial charge in [-0.1, -0.05) is 17.7 Å². The van der Waals surface area contributed by atoms with E-state index in [1.165, 1.54) is 5.56 Å². The van der Waals surface area contributed by atoms with Crippen LogP contribution in [0.25, 0.3) is 0 Å². The Morgan fingerprint density at radius 1 is 1.26 bits per heavy atom. The summed E-state index contributed by atoms with van der Waals surface area (Å²) in [4.78, 5) is 4.02. The van der Waals surface area contributed by atoms with Crippen LogP contribution in [0.1, 0.15) is 24.1 Å². The minimum Gasteiger partial charge on any atom is -0.496 e. The van der Waals surface area contributed by atoms with Crippen LogP contribution in [0.2, 0.25) is 5.02 Å². The average molecular weight is 277 g/mol. The molecule has 0 radical (unpaired) electrons. The summed E-state index contributed by atoms with van der Waals surface area (Å²) in [5.74, 6) is 0.807. The molecule has 1 heterocycles. The second-order valence-corrected chi connectivity index (χ2v) is 4.71. The summed E-state index contributed by atoms with van der Waals surface area (Å²) in [6.07, 6.45) is 3.59. The van der Waals surface area contributed by atoms with E-state index in [9.17, 15) is 0 Å². The van der Waals surface area contributed by atoms with Crippen LogP contribution in [0.4, 0.5) is 0 Å². The van der Waals surface area contributed by atoms with Gasteiger partial charge >= 0.3 is 0 Å². The van der Waals surface area contributed by atoms with Crippen LogP contribution in [0.5, 0.6) is 5.75 Å². The highest BCUT2D eigenvalue weighted by atomic mass is 35.5. The Balaban J connectivity index is 2.07. The van der Waals surface area contributed by atoms with Crippen LogP contribution in [0, 0.1) is 0 Å². The van der Waals surface area contributed by atoms with Crippen molar-refractivity contribution in [3.8, 4) is 5.75 Å². The van der Waals surface area contributed by atoms with Crippen LogP contribution in [-0.2, 0) is 6.54 Å². The SMILES string of the molecule is COc1cccc(Cl)c1CNC(C)c1ccncc1. The van der Waals surface area contributed by atoms with E-state index in [4.69, 9.17) is 16.3 Å². The van der Waals surface area contributed by atoms with E-state index >= 15 is 0 Å². The third-order valence-electron chi connectivity index (χ3n) is 3.09. The Hall–Kier alpha value is -1.58. The Morgan fingerprint density at radius 2 is 2.00 bits per heavy atom. The van der Waals surface area contributed by atoms with Gasteiger partial charge in [0, 0.05) is 35.6 Å². The predicted molar refractivity (Wildman–Crippen MR) is 77.5 cm³/mol. The smallest absolute Gasteiger partial charge is 0.124 e. The first-order valence-electron chi connectivity index (χ1n) is 6.17. The quantitative estimate of drug-likeness (QED) is 0.906. The van der Waals surface area contributed by atoms with Gasteiger partial charge in [-0.3, -0.25) is 4.98 Å². The molecule has 0 aliphatic carbocycles. The summed E-state index contributed by atoms with van der Waals surface area (Å²) in [6, 6.07) is 9.90. The minimum absolute atomic E-state index is 0.226. The zero-order chi connectivity index (χ0) is 13.7. The lowest BCUT2D eigenvalue weighted by atomic mass is 10.1. The molecular weight excluding hydrogens is 260 g/mol. The van der Waals surface area contributed by atoms with Crippen molar-refractivity contribution in [2.45, 2.75) is 19.5 Å². The van der Waals surface area contributed by atoms with E-state index in [0.717, 1.165) is 11.3 Å². The summed E-state index contributed by atoms with van der Waals surface area (Å²) < 4.78 is 5.33. The molecule has 19 heavy (non-hydrogen) atoms. The maximum absolute atomic E-state index is 6.21. The van der Waals surface area contributed by atoms with Gasteiger partial charge < -0.3 is 10.1 Å². The predicted octanol–water partition coefficient (Wildman–Crippen LogP) is 3.59. The van der Waals surface area contributed by atoms with E-state index in [1.807, 2.05) is 30.3 Å². The fourth-order valence-electron chi connectivity index (χ4n) is 1.93. The number of aromatic nitrogens is 1. The lowest BCUT2D eigenvalue weighted by molar-refractivity contribution is 0.406. The maximum Gasteiger partial charge on any atom is 0.124 e. The molecular formula is C15H17ClN2O. The molecule has 0 saturated carbocycles. The van der Waals surface area contributed by atoms with Crippen molar-refractivity contribution < 1.29 is 4.74 Å². The first kappa shape index (κ1) is 13.8. The standard InChI is InChI=1S/C15H17ClN2O/c1-11(12-6-8-17-9-7-12)18-10-13-14(16)4-3-5-15(13)19-2/h3-9,11,18H,10H2,1-2H3. The zero-order valence-electron chi connectivity index (χ0n) is 11.1. The highest BCUT2D eigenvalue weighted by Crippen LogP contribution is 2.26. The largest absolute Gasteiger partial charge is 0.496 e. The molecule has 0 spiro atoms. The first-order valence-corrected chi connectivity index (χ1v) is 6.55. The molecule has 1 aromatic heterocycles. The van der Waals surface area contributed by atoms with Crippen LogP contribution in [0.15, 0.2) is 42.7 Å². The van der Waals surface area contributed by atoms with E-state index in [1.54, 1.807) is 19.5 Å². The van der Waals surface area contributed by atoms with Crippen molar-refractivity contribution in [1.29, 1.82) is 0 Å². The third kappa shape index (κ3) is 3.46. The van der Waals surface area contributed by atoms with Gasteiger partial charge in [-0.25, -0.2) is 0 Å². The lowest BCUT2D eigenvalue weighted by Gasteiger charge is -2.16. The molecule has 0 amide bonds. The molecule has 0 saturated heterocycles. The van der Waals surface area contributed by atoms with Gasteiger partial charge in [0.25, 0.3) is 0 Å². The molecule has 3 nitrogen and oxygen atoms in total. The Bertz CT molecular complexity index is 531. The summed E-state index contributed by atoms with van der Waals surface area (Å²) in [7, 11) is 1.65. The van der Waals surface area contributed by atoms with Crippen LogP contribution >= 0.6 is 11.6 Å². The third-order valence-corrected chi connectivity index (χ3v) is 3.44. The van der Waals surface area contributed by atoms with Crippen molar-refractivity contribution in [3.63, 3.8) is 0 Å². The molecule has 0 bridgehead atoms. The minimum atomic E-state index is 0.226. The topological polar surface area (TPSA) is 34.1 Å². The molecule has 100 valence electrons. The molecule has 0 fully saturated rings. The van der Waals surface area contributed by atoms with Gasteiger partial charge in [-0.2, -0.15) is 0 Å². The number of pyridine rings is 1. The van der Waals surface area contributed by atoms with Crippen LogP contribution < -0.4 is 10.1 Å². The number of benzene rings is 1. The summed E-state index contributed by atoms with van der Waals surface area (Å²) >= 11 is 6.21. The second-order valence-electron chi connectivity index (χ2n) is 4.30. The van der Waals surface area contributed by atoms with Crippen molar-refractivity contribution in [3.05, 3.63) is 58.9 Å².